The predicted molar refractivity (Wildman–Crippen MR) is 60.0 cm³/mol. The molecule has 17 heavy (non-hydrogen) atoms. The standard InChI is InChI=1S/C13H16F2O2/c14-13(15)17-11-6-4-10(5-7-11)12(16)8-9-2-1-3-9/h4-7,9,12-13,16H,1-3,8H2. The van der Waals surface area contributed by atoms with Gasteiger partial charge in [0.15, 0.2) is 0 Å². The second-order valence-corrected chi connectivity index (χ2v) is 4.50. The van der Waals surface area contributed by atoms with E-state index >= 15 is 0 Å². The van der Waals surface area contributed by atoms with Crippen molar-refractivity contribution in [3.8, 4) is 5.75 Å². The maximum atomic E-state index is 11.9. The third-order valence-corrected chi connectivity index (χ3v) is 3.27. The van der Waals surface area contributed by atoms with Crippen molar-refractivity contribution in [1.29, 1.82) is 0 Å². The first-order chi connectivity index (χ1) is 8.15. The molecule has 1 fully saturated rings. The van der Waals surface area contributed by atoms with Gasteiger partial charge in [0.05, 0.1) is 6.10 Å². The number of alkyl halides is 2. The van der Waals surface area contributed by atoms with E-state index in [4.69, 9.17) is 0 Å². The molecule has 4 heteroatoms. The molecular formula is C13H16F2O2. The Morgan fingerprint density at radius 2 is 1.88 bits per heavy atom. The monoisotopic (exact) mass is 242 g/mol. The molecule has 1 saturated carbocycles. The number of hydrogen-bond acceptors (Lipinski definition) is 2. The minimum Gasteiger partial charge on any atom is -0.435 e. The molecule has 0 aliphatic heterocycles. The molecule has 1 aromatic carbocycles. The molecule has 0 bridgehead atoms. The summed E-state index contributed by atoms with van der Waals surface area (Å²) < 4.78 is 28.1. The first-order valence-corrected chi connectivity index (χ1v) is 5.88. The van der Waals surface area contributed by atoms with E-state index in [0.29, 0.717) is 5.92 Å². The van der Waals surface area contributed by atoms with Gasteiger partial charge < -0.3 is 9.84 Å². The van der Waals surface area contributed by atoms with Gasteiger partial charge in [-0.05, 0) is 30.0 Å². The fourth-order valence-electron chi connectivity index (χ4n) is 2.05. The van der Waals surface area contributed by atoms with E-state index in [-0.39, 0.29) is 5.75 Å². The largest absolute Gasteiger partial charge is 0.435 e. The maximum absolute atomic E-state index is 11.9. The lowest BCUT2D eigenvalue weighted by Crippen LogP contribution is -2.14. The van der Waals surface area contributed by atoms with Crippen molar-refractivity contribution >= 4 is 0 Å². The van der Waals surface area contributed by atoms with Crippen LogP contribution < -0.4 is 4.74 Å². The van der Waals surface area contributed by atoms with E-state index in [9.17, 15) is 13.9 Å². The highest BCUT2D eigenvalue weighted by Gasteiger charge is 2.21. The second-order valence-electron chi connectivity index (χ2n) is 4.50. The van der Waals surface area contributed by atoms with Gasteiger partial charge in [-0.2, -0.15) is 8.78 Å². The molecular weight excluding hydrogens is 226 g/mol. The topological polar surface area (TPSA) is 29.5 Å². The molecule has 0 amide bonds. The number of benzene rings is 1. The van der Waals surface area contributed by atoms with Gasteiger partial charge >= 0.3 is 6.61 Å². The number of ether oxygens (including phenoxy) is 1. The third-order valence-electron chi connectivity index (χ3n) is 3.27. The van der Waals surface area contributed by atoms with Crippen molar-refractivity contribution in [2.45, 2.75) is 38.4 Å². The Balaban J connectivity index is 1.91. The van der Waals surface area contributed by atoms with Crippen molar-refractivity contribution in [1.82, 2.24) is 0 Å². The smallest absolute Gasteiger partial charge is 0.387 e. The van der Waals surface area contributed by atoms with E-state index in [1.54, 1.807) is 12.1 Å². The second kappa shape index (κ2) is 5.45. The van der Waals surface area contributed by atoms with Gasteiger partial charge in [0.25, 0.3) is 0 Å². The van der Waals surface area contributed by atoms with Crippen LogP contribution in [0.2, 0.25) is 0 Å². The molecule has 0 radical (unpaired) electrons. The highest BCUT2D eigenvalue weighted by Crippen LogP contribution is 2.34. The summed E-state index contributed by atoms with van der Waals surface area (Å²) in [5, 5.41) is 9.94. The number of halogens is 2. The first-order valence-electron chi connectivity index (χ1n) is 5.88. The average Bonchev–Trinajstić information content (AvgIpc) is 2.23. The SMILES string of the molecule is OC(CC1CCC1)c1ccc(OC(F)F)cc1. The predicted octanol–water partition coefficient (Wildman–Crippen LogP) is 3.51. The van der Waals surface area contributed by atoms with E-state index in [1.807, 2.05) is 0 Å². The van der Waals surface area contributed by atoms with E-state index in [1.165, 1.54) is 31.4 Å². The zero-order chi connectivity index (χ0) is 12.3. The summed E-state index contributed by atoms with van der Waals surface area (Å²) in [6.45, 7) is -2.80. The van der Waals surface area contributed by atoms with Gasteiger partial charge in [0, 0.05) is 0 Å². The summed E-state index contributed by atoms with van der Waals surface area (Å²) in [5.74, 6) is 0.738. The van der Waals surface area contributed by atoms with Crippen LogP contribution in [0, 0.1) is 5.92 Å². The highest BCUT2D eigenvalue weighted by atomic mass is 19.3. The zero-order valence-electron chi connectivity index (χ0n) is 9.48. The normalized spacial score (nSPS) is 17.9. The van der Waals surface area contributed by atoms with Gasteiger partial charge in [-0.3, -0.25) is 0 Å². The Labute approximate surface area is 99.2 Å². The quantitative estimate of drug-likeness (QED) is 0.856. The van der Waals surface area contributed by atoms with Gasteiger partial charge in [-0.15, -0.1) is 0 Å². The summed E-state index contributed by atoms with van der Waals surface area (Å²) in [4.78, 5) is 0. The molecule has 1 aliphatic rings. The van der Waals surface area contributed by atoms with Crippen LogP contribution in [0.1, 0.15) is 37.4 Å². The van der Waals surface area contributed by atoms with Crippen molar-refractivity contribution in [2.24, 2.45) is 5.92 Å². The lowest BCUT2D eigenvalue weighted by Gasteiger charge is -2.27. The van der Waals surface area contributed by atoms with Crippen molar-refractivity contribution in [3.63, 3.8) is 0 Å². The molecule has 2 nitrogen and oxygen atoms in total. The Kier molecular flexibility index (Phi) is 3.94. The molecule has 2 rings (SSSR count). The van der Waals surface area contributed by atoms with Gasteiger partial charge in [0.2, 0.25) is 0 Å². The van der Waals surface area contributed by atoms with Crippen LogP contribution >= 0.6 is 0 Å². The van der Waals surface area contributed by atoms with Crippen LogP contribution in [-0.4, -0.2) is 11.7 Å². The molecule has 0 aromatic heterocycles. The average molecular weight is 242 g/mol. The lowest BCUT2D eigenvalue weighted by atomic mass is 9.80. The lowest BCUT2D eigenvalue weighted by molar-refractivity contribution is -0.0498. The van der Waals surface area contributed by atoms with Crippen LogP contribution in [-0.2, 0) is 0 Å². The summed E-state index contributed by atoms with van der Waals surface area (Å²) >= 11 is 0. The Morgan fingerprint density at radius 3 is 2.35 bits per heavy atom. The molecule has 0 heterocycles. The van der Waals surface area contributed by atoms with Crippen LogP contribution in [0.15, 0.2) is 24.3 Å². The van der Waals surface area contributed by atoms with E-state index in [0.717, 1.165) is 12.0 Å². The summed E-state index contributed by atoms with van der Waals surface area (Å²) in [5.41, 5.74) is 0.763. The van der Waals surface area contributed by atoms with Crippen molar-refractivity contribution in [3.05, 3.63) is 29.8 Å². The molecule has 0 saturated heterocycles. The minimum atomic E-state index is -2.80. The summed E-state index contributed by atoms with van der Waals surface area (Å²) in [6, 6.07) is 6.21. The van der Waals surface area contributed by atoms with Crippen LogP contribution in [0.3, 0.4) is 0 Å². The Morgan fingerprint density at radius 1 is 1.24 bits per heavy atom. The molecule has 94 valence electrons. The van der Waals surface area contributed by atoms with Crippen molar-refractivity contribution in [2.75, 3.05) is 0 Å². The van der Waals surface area contributed by atoms with Gasteiger partial charge in [-0.25, -0.2) is 0 Å². The molecule has 1 aromatic rings. The fourth-order valence-corrected chi connectivity index (χ4v) is 2.05. The van der Waals surface area contributed by atoms with Gasteiger partial charge in [0.1, 0.15) is 5.75 Å². The molecule has 1 atom stereocenters. The van der Waals surface area contributed by atoms with E-state index in [2.05, 4.69) is 4.74 Å². The van der Waals surface area contributed by atoms with Crippen LogP contribution in [0.5, 0.6) is 5.75 Å². The Bertz CT molecular complexity index is 347. The molecule has 0 spiro atoms. The number of rotatable bonds is 5. The minimum absolute atomic E-state index is 0.125. The van der Waals surface area contributed by atoms with Crippen molar-refractivity contribution < 1.29 is 18.6 Å². The molecule has 1 N–H and O–H groups in total. The molecule has 1 aliphatic carbocycles. The fraction of sp³-hybridized carbons (Fsp3) is 0.538. The maximum Gasteiger partial charge on any atom is 0.387 e. The highest BCUT2D eigenvalue weighted by molar-refractivity contribution is 5.28. The molecule has 1 unspecified atom stereocenters. The number of aliphatic hydroxyl groups excluding tert-OH is 1. The first kappa shape index (κ1) is 12.3. The summed E-state index contributed by atoms with van der Waals surface area (Å²) in [7, 11) is 0. The van der Waals surface area contributed by atoms with Crippen LogP contribution in [0.4, 0.5) is 8.78 Å². The Hall–Kier alpha value is -1.16. The van der Waals surface area contributed by atoms with Gasteiger partial charge in [-0.1, -0.05) is 31.4 Å². The van der Waals surface area contributed by atoms with Crippen LogP contribution in [0.25, 0.3) is 0 Å². The summed E-state index contributed by atoms with van der Waals surface area (Å²) in [6.07, 6.45) is 3.88. The zero-order valence-corrected chi connectivity index (χ0v) is 9.48. The third kappa shape index (κ3) is 3.40. The van der Waals surface area contributed by atoms with E-state index < -0.39 is 12.7 Å². The number of hydrogen-bond donors (Lipinski definition) is 1. The number of aliphatic hydroxyl groups is 1.